The Kier molecular flexibility index (Phi) is 3.39. The second-order valence-corrected chi connectivity index (χ2v) is 3.82. The first-order valence-corrected chi connectivity index (χ1v) is 5.29. The topological polar surface area (TPSA) is 57.0 Å². The Labute approximate surface area is 103 Å². The molecule has 88 valence electrons. The van der Waals surface area contributed by atoms with Crippen LogP contribution in [0.4, 0.5) is 0 Å². The average Bonchev–Trinajstić information content (AvgIpc) is 2.76. The van der Waals surface area contributed by atoms with E-state index in [1.165, 1.54) is 13.4 Å². The van der Waals surface area contributed by atoms with Crippen molar-refractivity contribution in [2.24, 2.45) is 0 Å². The lowest BCUT2D eigenvalue weighted by Gasteiger charge is -2.01. The number of carbonyl (C=O) groups is 1. The summed E-state index contributed by atoms with van der Waals surface area (Å²) < 4.78 is 6.07. The standard InChI is InChI=1S/C11H10ClN3O2/c1-17-11(16)10-13-7-15(14-10)6-8-3-2-4-9(12)5-8/h2-5,7H,6H2,1H3. The third-order valence-electron chi connectivity index (χ3n) is 2.14. The molecule has 5 nitrogen and oxygen atoms in total. The van der Waals surface area contributed by atoms with Crippen LogP contribution in [0.2, 0.25) is 5.02 Å². The van der Waals surface area contributed by atoms with Crippen molar-refractivity contribution in [3.63, 3.8) is 0 Å². The summed E-state index contributed by atoms with van der Waals surface area (Å²) in [7, 11) is 1.29. The molecule has 1 aromatic heterocycles. The smallest absolute Gasteiger partial charge is 0.377 e. The fourth-order valence-electron chi connectivity index (χ4n) is 1.38. The molecular formula is C11H10ClN3O2. The molecule has 0 amide bonds. The van der Waals surface area contributed by atoms with Gasteiger partial charge in [-0.25, -0.2) is 14.5 Å². The molecule has 2 aromatic rings. The van der Waals surface area contributed by atoms with E-state index in [2.05, 4.69) is 14.8 Å². The quantitative estimate of drug-likeness (QED) is 0.780. The van der Waals surface area contributed by atoms with Gasteiger partial charge in [-0.3, -0.25) is 0 Å². The van der Waals surface area contributed by atoms with Gasteiger partial charge in [0.1, 0.15) is 6.33 Å². The molecule has 0 bridgehead atoms. The Hall–Kier alpha value is -1.88. The Morgan fingerprint density at radius 1 is 1.53 bits per heavy atom. The van der Waals surface area contributed by atoms with Crippen LogP contribution in [-0.2, 0) is 11.3 Å². The van der Waals surface area contributed by atoms with E-state index < -0.39 is 5.97 Å². The normalized spacial score (nSPS) is 10.2. The van der Waals surface area contributed by atoms with E-state index >= 15 is 0 Å². The molecule has 1 heterocycles. The summed E-state index contributed by atoms with van der Waals surface area (Å²) in [6, 6.07) is 7.41. The van der Waals surface area contributed by atoms with Gasteiger partial charge >= 0.3 is 5.97 Å². The van der Waals surface area contributed by atoms with Gasteiger partial charge in [-0.05, 0) is 17.7 Å². The van der Waals surface area contributed by atoms with Crippen molar-refractivity contribution in [1.82, 2.24) is 14.8 Å². The third kappa shape index (κ3) is 2.82. The summed E-state index contributed by atoms with van der Waals surface area (Å²) in [6.07, 6.45) is 1.48. The summed E-state index contributed by atoms with van der Waals surface area (Å²) in [4.78, 5) is 15.0. The van der Waals surface area contributed by atoms with Crippen LogP contribution < -0.4 is 0 Å². The van der Waals surface area contributed by atoms with E-state index in [0.29, 0.717) is 11.6 Å². The molecule has 0 atom stereocenters. The summed E-state index contributed by atoms with van der Waals surface area (Å²) in [5, 5.41) is 4.66. The number of aromatic nitrogens is 3. The zero-order chi connectivity index (χ0) is 12.3. The molecule has 0 N–H and O–H groups in total. The van der Waals surface area contributed by atoms with Crippen LogP contribution >= 0.6 is 11.6 Å². The molecule has 0 saturated carbocycles. The summed E-state index contributed by atoms with van der Waals surface area (Å²) in [5.41, 5.74) is 0.985. The molecular weight excluding hydrogens is 242 g/mol. The fraction of sp³-hybridized carbons (Fsp3) is 0.182. The van der Waals surface area contributed by atoms with E-state index in [9.17, 15) is 4.79 Å². The highest BCUT2D eigenvalue weighted by atomic mass is 35.5. The second kappa shape index (κ2) is 4.97. The minimum atomic E-state index is -0.546. The lowest BCUT2D eigenvalue weighted by Crippen LogP contribution is -2.06. The Morgan fingerprint density at radius 3 is 3.06 bits per heavy atom. The molecule has 0 aliphatic carbocycles. The van der Waals surface area contributed by atoms with Crippen LogP contribution in [0.5, 0.6) is 0 Å². The first kappa shape index (κ1) is 11.6. The van der Waals surface area contributed by atoms with Gasteiger partial charge in [-0.15, -0.1) is 5.10 Å². The van der Waals surface area contributed by atoms with Crippen molar-refractivity contribution in [1.29, 1.82) is 0 Å². The number of carbonyl (C=O) groups excluding carboxylic acids is 1. The van der Waals surface area contributed by atoms with Gasteiger partial charge < -0.3 is 4.74 Å². The van der Waals surface area contributed by atoms with Gasteiger partial charge in [0, 0.05) is 5.02 Å². The molecule has 0 spiro atoms. The number of ether oxygens (including phenoxy) is 1. The summed E-state index contributed by atoms with van der Waals surface area (Å²) in [6.45, 7) is 0.505. The Balaban J connectivity index is 2.14. The molecule has 6 heteroatoms. The molecule has 0 saturated heterocycles. The molecule has 0 aliphatic rings. The number of hydrogen-bond donors (Lipinski definition) is 0. The number of hydrogen-bond acceptors (Lipinski definition) is 4. The van der Waals surface area contributed by atoms with Crippen molar-refractivity contribution in [3.8, 4) is 0 Å². The van der Waals surface area contributed by atoms with Gasteiger partial charge in [0.15, 0.2) is 0 Å². The molecule has 0 aliphatic heterocycles. The van der Waals surface area contributed by atoms with Gasteiger partial charge in [0.05, 0.1) is 13.7 Å². The highest BCUT2D eigenvalue weighted by molar-refractivity contribution is 6.30. The predicted octanol–water partition coefficient (Wildman–Crippen LogP) is 1.77. The SMILES string of the molecule is COC(=O)c1ncn(Cc2cccc(Cl)c2)n1. The molecule has 2 rings (SSSR count). The summed E-state index contributed by atoms with van der Waals surface area (Å²) >= 11 is 5.87. The first-order valence-electron chi connectivity index (χ1n) is 4.91. The lowest BCUT2D eigenvalue weighted by molar-refractivity contribution is 0.0586. The number of rotatable bonds is 3. The molecule has 0 radical (unpaired) electrons. The lowest BCUT2D eigenvalue weighted by atomic mass is 10.2. The van der Waals surface area contributed by atoms with E-state index in [-0.39, 0.29) is 5.82 Å². The van der Waals surface area contributed by atoms with Gasteiger partial charge in [-0.2, -0.15) is 0 Å². The van der Waals surface area contributed by atoms with E-state index in [4.69, 9.17) is 11.6 Å². The zero-order valence-electron chi connectivity index (χ0n) is 9.13. The van der Waals surface area contributed by atoms with Crippen molar-refractivity contribution in [2.45, 2.75) is 6.54 Å². The Morgan fingerprint density at radius 2 is 2.35 bits per heavy atom. The molecule has 0 unspecified atom stereocenters. The van der Waals surface area contributed by atoms with Crippen LogP contribution in [0.1, 0.15) is 16.2 Å². The minimum absolute atomic E-state index is 0.0505. The average molecular weight is 252 g/mol. The number of esters is 1. The number of nitrogens with zero attached hydrogens (tertiary/aromatic N) is 3. The Bertz CT molecular complexity index is 539. The van der Waals surface area contributed by atoms with Crippen molar-refractivity contribution in [2.75, 3.05) is 7.11 Å². The second-order valence-electron chi connectivity index (χ2n) is 3.39. The largest absolute Gasteiger partial charge is 0.463 e. The maximum Gasteiger partial charge on any atom is 0.377 e. The third-order valence-corrected chi connectivity index (χ3v) is 2.37. The first-order chi connectivity index (χ1) is 8.19. The molecule has 17 heavy (non-hydrogen) atoms. The van der Waals surface area contributed by atoms with Crippen LogP contribution in [0, 0.1) is 0 Å². The molecule has 0 fully saturated rings. The fourth-order valence-corrected chi connectivity index (χ4v) is 1.59. The summed E-state index contributed by atoms with van der Waals surface area (Å²) in [5.74, 6) is -0.496. The van der Waals surface area contributed by atoms with Crippen LogP contribution in [0.15, 0.2) is 30.6 Å². The predicted molar refractivity (Wildman–Crippen MR) is 61.9 cm³/mol. The number of benzene rings is 1. The molecule has 1 aromatic carbocycles. The number of halogens is 1. The van der Waals surface area contributed by atoms with Gasteiger partial charge in [-0.1, -0.05) is 23.7 Å². The zero-order valence-corrected chi connectivity index (χ0v) is 9.89. The van der Waals surface area contributed by atoms with E-state index in [0.717, 1.165) is 5.56 Å². The monoisotopic (exact) mass is 251 g/mol. The van der Waals surface area contributed by atoms with Gasteiger partial charge in [0.25, 0.3) is 5.82 Å². The van der Waals surface area contributed by atoms with Crippen LogP contribution in [0.25, 0.3) is 0 Å². The van der Waals surface area contributed by atoms with E-state index in [1.54, 1.807) is 10.7 Å². The highest BCUT2D eigenvalue weighted by Gasteiger charge is 2.11. The minimum Gasteiger partial charge on any atom is -0.463 e. The van der Waals surface area contributed by atoms with E-state index in [1.807, 2.05) is 18.2 Å². The maximum atomic E-state index is 11.2. The van der Waals surface area contributed by atoms with Crippen LogP contribution in [-0.4, -0.2) is 27.8 Å². The maximum absolute atomic E-state index is 11.2. The number of methoxy groups -OCH3 is 1. The van der Waals surface area contributed by atoms with Crippen molar-refractivity contribution >= 4 is 17.6 Å². The van der Waals surface area contributed by atoms with Crippen molar-refractivity contribution < 1.29 is 9.53 Å². The van der Waals surface area contributed by atoms with Gasteiger partial charge in [0.2, 0.25) is 0 Å². The highest BCUT2D eigenvalue weighted by Crippen LogP contribution is 2.11. The van der Waals surface area contributed by atoms with Crippen LogP contribution in [0.3, 0.4) is 0 Å². The van der Waals surface area contributed by atoms with Crippen molar-refractivity contribution in [3.05, 3.63) is 47.0 Å².